The number of amides is 2. The minimum Gasteiger partial charge on any atom is -0.322 e. The summed E-state index contributed by atoms with van der Waals surface area (Å²) in [5.41, 5.74) is 1.99. The maximum atomic E-state index is 12.3. The molecule has 1 aliphatic heterocycles. The van der Waals surface area contributed by atoms with Crippen LogP contribution in [0.1, 0.15) is 17.6 Å². The summed E-state index contributed by atoms with van der Waals surface area (Å²) in [6.45, 7) is 6.30. The standard InChI is InChI=1S/C17H22N4OS/c1-2-16-18-15(13-23-16)12-20-8-10-21(11-9-20)17(22)19-14-6-4-3-5-7-14/h3-7,13H,2,8-12H2,1H3,(H,19,22). The number of thiazole rings is 1. The highest BCUT2D eigenvalue weighted by atomic mass is 32.1. The van der Waals surface area contributed by atoms with Gasteiger partial charge in [-0.05, 0) is 18.6 Å². The van der Waals surface area contributed by atoms with E-state index < -0.39 is 0 Å². The van der Waals surface area contributed by atoms with Gasteiger partial charge in [-0.2, -0.15) is 0 Å². The summed E-state index contributed by atoms with van der Waals surface area (Å²) >= 11 is 1.73. The first-order valence-electron chi connectivity index (χ1n) is 8.01. The van der Waals surface area contributed by atoms with Crippen molar-refractivity contribution >= 4 is 23.1 Å². The van der Waals surface area contributed by atoms with Gasteiger partial charge in [-0.1, -0.05) is 25.1 Å². The van der Waals surface area contributed by atoms with Crippen LogP contribution in [0, 0.1) is 0 Å². The number of aryl methyl sites for hydroxylation is 1. The molecular weight excluding hydrogens is 308 g/mol. The molecule has 0 aliphatic carbocycles. The van der Waals surface area contributed by atoms with Crippen molar-refractivity contribution < 1.29 is 4.79 Å². The maximum Gasteiger partial charge on any atom is 0.321 e. The zero-order valence-corrected chi connectivity index (χ0v) is 14.2. The predicted octanol–water partition coefficient (Wildman–Crippen LogP) is 3.06. The second-order valence-corrected chi connectivity index (χ2v) is 6.59. The number of para-hydroxylation sites is 1. The fraction of sp³-hybridized carbons (Fsp3) is 0.412. The van der Waals surface area contributed by atoms with Crippen LogP contribution in [0.25, 0.3) is 0 Å². The summed E-state index contributed by atoms with van der Waals surface area (Å²) in [5.74, 6) is 0. The fourth-order valence-corrected chi connectivity index (χ4v) is 3.38. The van der Waals surface area contributed by atoms with E-state index in [0.29, 0.717) is 0 Å². The van der Waals surface area contributed by atoms with Gasteiger partial charge in [0.15, 0.2) is 0 Å². The van der Waals surface area contributed by atoms with E-state index in [1.165, 1.54) is 5.01 Å². The van der Waals surface area contributed by atoms with Crippen LogP contribution in [0.5, 0.6) is 0 Å². The highest BCUT2D eigenvalue weighted by Crippen LogP contribution is 2.14. The Labute approximate surface area is 140 Å². The lowest BCUT2D eigenvalue weighted by atomic mass is 10.3. The van der Waals surface area contributed by atoms with Gasteiger partial charge >= 0.3 is 6.03 Å². The molecule has 1 aliphatic rings. The first-order valence-corrected chi connectivity index (χ1v) is 8.89. The number of nitrogens with one attached hydrogen (secondary N) is 1. The second-order valence-electron chi connectivity index (χ2n) is 5.65. The van der Waals surface area contributed by atoms with Gasteiger partial charge in [-0.15, -0.1) is 11.3 Å². The number of nitrogens with zero attached hydrogens (tertiary/aromatic N) is 3. The molecule has 2 heterocycles. The van der Waals surface area contributed by atoms with Gasteiger partial charge in [0, 0.05) is 43.8 Å². The monoisotopic (exact) mass is 330 g/mol. The largest absolute Gasteiger partial charge is 0.322 e. The van der Waals surface area contributed by atoms with Gasteiger partial charge in [0.2, 0.25) is 0 Å². The zero-order chi connectivity index (χ0) is 16.1. The molecule has 1 N–H and O–H groups in total. The topological polar surface area (TPSA) is 48.5 Å². The van der Waals surface area contributed by atoms with E-state index in [0.717, 1.165) is 50.5 Å². The molecule has 5 nitrogen and oxygen atoms in total. The van der Waals surface area contributed by atoms with Gasteiger partial charge in [-0.3, -0.25) is 4.90 Å². The summed E-state index contributed by atoms with van der Waals surface area (Å²) in [6, 6.07) is 9.58. The van der Waals surface area contributed by atoms with Crippen molar-refractivity contribution in [3.05, 3.63) is 46.4 Å². The Kier molecular flexibility index (Phi) is 5.25. The van der Waals surface area contributed by atoms with Crippen molar-refractivity contribution in [1.82, 2.24) is 14.8 Å². The number of hydrogen-bond donors (Lipinski definition) is 1. The van der Waals surface area contributed by atoms with E-state index in [9.17, 15) is 4.79 Å². The molecule has 23 heavy (non-hydrogen) atoms. The number of piperazine rings is 1. The van der Waals surface area contributed by atoms with Crippen molar-refractivity contribution in [1.29, 1.82) is 0 Å². The first-order chi connectivity index (χ1) is 11.2. The molecule has 0 saturated carbocycles. The quantitative estimate of drug-likeness (QED) is 0.937. The third-order valence-electron chi connectivity index (χ3n) is 3.97. The second kappa shape index (κ2) is 7.57. The Balaban J connectivity index is 1.47. The summed E-state index contributed by atoms with van der Waals surface area (Å²) in [5, 5.41) is 6.29. The molecule has 2 aromatic rings. The van der Waals surface area contributed by atoms with E-state index in [4.69, 9.17) is 0 Å². The number of carbonyl (C=O) groups is 1. The zero-order valence-electron chi connectivity index (χ0n) is 13.4. The van der Waals surface area contributed by atoms with Crippen LogP contribution >= 0.6 is 11.3 Å². The Morgan fingerprint density at radius 1 is 1.22 bits per heavy atom. The van der Waals surface area contributed by atoms with Crippen LogP contribution in [0.4, 0.5) is 10.5 Å². The SMILES string of the molecule is CCc1nc(CN2CCN(C(=O)Nc3ccccc3)CC2)cs1. The molecular formula is C17H22N4OS. The highest BCUT2D eigenvalue weighted by molar-refractivity contribution is 7.09. The molecule has 1 fully saturated rings. The number of rotatable bonds is 4. The normalized spacial score (nSPS) is 15.6. The minimum absolute atomic E-state index is 0.0159. The molecule has 1 aromatic heterocycles. The fourth-order valence-electron chi connectivity index (χ4n) is 2.65. The Bertz CT molecular complexity index is 635. The predicted molar refractivity (Wildman–Crippen MR) is 93.8 cm³/mol. The molecule has 1 aromatic carbocycles. The molecule has 0 bridgehead atoms. The highest BCUT2D eigenvalue weighted by Gasteiger charge is 2.21. The summed E-state index contributed by atoms with van der Waals surface area (Å²) in [4.78, 5) is 21.1. The number of anilines is 1. The molecule has 0 spiro atoms. The molecule has 0 unspecified atom stereocenters. The molecule has 3 rings (SSSR count). The van der Waals surface area contributed by atoms with Gasteiger partial charge in [0.05, 0.1) is 10.7 Å². The molecule has 1 saturated heterocycles. The summed E-state index contributed by atoms with van der Waals surface area (Å²) in [7, 11) is 0. The van der Waals surface area contributed by atoms with Crippen LogP contribution in [0.2, 0.25) is 0 Å². The first kappa shape index (κ1) is 16.0. The average Bonchev–Trinajstić information content (AvgIpc) is 3.04. The van der Waals surface area contributed by atoms with Crippen LogP contribution in [0.15, 0.2) is 35.7 Å². The average molecular weight is 330 g/mol. The Morgan fingerprint density at radius 2 is 1.96 bits per heavy atom. The molecule has 122 valence electrons. The van der Waals surface area contributed by atoms with Gasteiger partial charge in [-0.25, -0.2) is 9.78 Å². The van der Waals surface area contributed by atoms with E-state index in [-0.39, 0.29) is 6.03 Å². The van der Waals surface area contributed by atoms with Gasteiger partial charge in [0.1, 0.15) is 0 Å². The van der Waals surface area contributed by atoms with Crippen LogP contribution in [-0.2, 0) is 13.0 Å². The van der Waals surface area contributed by atoms with Crippen molar-refractivity contribution in [3.63, 3.8) is 0 Å². The smallest absolute Gasteiger partial charge is 0.321 e. The molecule has 0 atom stereocenters. The molecule has 2 amide bonds. The number of hydrogen-bond acceptors (Lipinski definition) is 4. The van der Waals surface area contributed by atoms with E-state index in [1.54, 1.807) is 11.3 Å². The molecule has 0 radical (unpaired) electrons. The number of benzene rings is 1. The van der Waals surface area contributed by atoms with Gasteiger partial charge < -0.3 is 10.2 Å². The lowest BCUT2D eigenvalue weighted by Gasteiger charge is -2.34. The number of urea groups is 1. The van der Waals surface area contributed by atoms with Crippen molar-refractivity contribution in [2.75, 3.05) is 31.5 Å². The van der Waals surface area contributed by atoms with Crippen LogP contribution in [0.3, 0.4) is 0 Å². The van der Waals surface area contributed by atoms with Crippen LogP contribution < -0.4 is 5.32 Å². The summed E-state index contributed by atoms with van der Waals surface area (Å²) < 4.78 is 0. The lowest BCUT2D eigenvalue weighted by Crippen LogP contribution is -2.49. The van der Waals surface area contributed by atoms with Crippen molar-refractivity contribution in [2.24, 2.45) is 0 Å². The molecule has 6 heteroatoms. The maximum absolute atomic E-state index is 12.3. The van der Waals surface area contributed by atoms with Crippen LogP contribution in [-0.4, -0.2) is 47.0 Å². The third-order valence-corrected chi connectivity index (χ3v) is 5.01. The Hall–Kier alpha value is -1.92. The number of carbonyl (C=O) groups excluding carboxylic acids is 1. The minimum atomic E-state index is -0.0159. The van der Waals surface area contributed by atoms with Crippen molar-refractivity contribution in [2.45, 2.75) is 19.9 Å². The Morgan fingerprint density at radius 3 is 2.61 bits per heavy atom. The van der Waals surface area contributed by atoms with E-state index >= 15 is 0 Å². The van der Waals surface area contributed by atoms with Gasteiger partial charge in [0.25, 0.3) is 0 Å². The van der Waals surface area contributed by atoms with Crippen molar-refractivity contribution in [3.8, 4) is 0 Å². The lowest BCUT2D eigenvalue weighted by molar-refractivity contribution is 0.142. The third kappa shape index (κ3) is 4.30. The van der Waals surface area contributed by atoms with E-state index in [2.05, 4.69) is 27.5 Å². The summed E-state index contributed by atoms with van der Waals surface area (Å²) in [6.07, 6.45) is 0.998. The number of aromatic nitrogens is 1. The van der Waals surface area contributed by atoms with E-state index in [1.807, 2.05) is 35.2 Å².